The van der Waals surface area contributed by atoms with E-state index in [9.17, 15) is 0 Å². The van der Waals surface area contributed by atoms with E-state index in [4.69, 9.17) is 0 Å². The standard InChI is InChI=1S/C17H17N3.CH4/c1-20-16(12-14-6-2-4-10-18-14)8-9-17(20)13-15-7-3-5-11-19-15;/h2-11H,12-13H2,1H3;1H4. The van der Waals surface area contributed by atoms with E-state index in [1.807, 2.05) is 36.7 Å². The SMILES string of the molecule is C.Cn1c(Cc2ccccn2)ccc1Cc1ccccn1. The van der Waals surface area contributed by atoms with Gasteiger partial charge in [-0.25, -0.2) is 0 Å². The second-order valence-corrected chi connectivity index (χ2v) is 4.87. The quantitative estimate of drug-likeness (QED) is 0.730. The summed E-state index contributed by atoms with van der Waals surface area (Å²) in [5.74, 6) is 0. The molecule has 0 aliphatic heterocycles. The zero-order chi connectivity index (χ0) is 13.8. The predicted molar refractivity (Wildman–Crippen MR) is 86.2 cm³/mol. The molecule has 0 unspecified atom stereocenters. The average Bonchev–Trinajstić information content (AvgIpc) is 2.83. The smallest absolute Gasteiger partial charge is 0.0462 e. The number of hydrogen-bond donors (Lipinski definition) is 0. The molecule has 3 aromatic heterocycles. The summed E-state index contributed by atoms with van der Waals surface area (Å²) >= 11 is 0. The fourth-order valence-electron chi connectivity index (χ4n) is 2.33. The summed E-state index contributed by atoms with van der Waals surface area (Å²) in [5.41, 5.74) is 4.74. The third kappa shape index (κ3) is 3.57. The molecule has 0 aromatic carbocycles. The van der Waals surface area contributed by atoms with Gasteiger partial charge in [0.05, 0.1) is 0 Å². The molecule has 0 aliphatic carbocycles. The van der Waals surface area contributed by atoms with Crippen LogP contribution in [0.2, 0.25) is 0 Å². The summed E-state index contributed by atoms with van der Waals surface area (Å²) in [6, 6.07) is 16.4. The van der Waals surface area contributed by atoms with Crippen LogP contribution in [0.1, 0.15) is 30.2 Å². The van der Waals surface area contributed by atoms with Gasteiger partial charge < -0.3 is 4.57 Å². The van der Waals surface area contributed by atoms with Crippen LogP contribution in [0.15, 0.2) is 60.9 Å². The van der Waals surface area contributed by atoms with Crippen molar-refractivity contribution in [1.29, 1.82) is 0 Å². The molecule has 3 rings (SSSR count). The van der Waals surface area contributed by atoms with Gasteiger partial charge in [0, 0.05) is 55.1 Å². The topological polar surface area (TPSA) is 30.7 Å². The minimum absolute atomic E-state index is 0. The zero-order valence-electron chi connectivity index (χ0n) is 11.5. The lowest BCUT2D eigenvalue weighted by molar-refractivity contribution is 0.786. The summed E-state index contributed by atoms with van der Waals surface area (Å²) in [7, 11) is 2.11. The Labute approximate surface area is 126 Å². The summed E-state index contributed by atoms with van der Waals surface area (Å²) in [5, 5.41) is 0. The van der Waals surface area contributed by atoms with Crippen LogP contribution in [0.25, 0.3) is 0 Å². The molecule has 0 spiro atoms. The van der Waals surface area contributed by atoms with Crippen molar-refractivity contribution in [3.8, 4) is 0 Å². The molecule has 3 aromatic rings. The molecule has 0 aliphatic rings. The van der Waals surface area contributed by atoms with Crippen molar-refractivity contribution in [2.24, 2.45) is 7.05 Å². The maximum atomic E-state index is 4.38. The lowest BCUT2D eigenvalue weighted by atomic mass is 10.2. The fourth-order valence-corrected chi connectivity index (χ4v) is 2.33. The van der Waals surface area contributed by atoms with Gasteiger partial charge in [-0.2, -0.15) is 0 Å². The van der Waals surface area contributed by atoms with Crippen LogP contribution in [0.5, 0.6) is 0 Å². The molecule has 0 saturated heterocycles. The first-order valence-electron chi connectivity index (χ1n) is 6.76. The minimum atomic E-state index is 0. The van der Waals surface area contributed by atoms with Crippen molar-refractivity contribution in [3.05, 3.63) is 83.7 Å². The number of rotatable bonds is 4. The van der Waals surface area contributed by atoms with Gasteiger partial charge in [-0.3, -0.25) is 9.97 Å². The van der Waals surface area contributed by atoms with E-state index in [0.29, 0.717) is 0 Å². The van der Waals surface area contributed by atoms with Crippen LogP contribution in [0, 0.1) is 0 Å². The normalized spacial score (nSPS) is 10.1. The van der Waals surface area contributed by atoms with Gasteiger partial charge in [0.2, 0.25) is 0 Å². The molecule has 0 amide bonds. The minimum Gasteiger partial charge on any atom is -0.351 e. The second kappa shape index (κ2) is 6.84. The van der Waals surface area contributed by atoms with Crippen LogP contribution < -0.4 is 0 Å². The Balaban J connectivity index is 0.00000161. The number of hydrogen-bond acceptors (Lipinski definition) is 2. The first-order chi connectivity index (χ1) is 9.83. The monoisotopic (exact) mass is 279 g/mol. The van der Waals surface area contributed by atoms with Crippen molar-refractivity contribution in [2.45, 2.75) is 20.3 Å². The highest BCUT2D eigenvalue weighted by Crippen LogP contribution is 2.14. The Bertz CT molecular complexity index is 613. The molecule has 108 valence electrons. The number of nitrogens with zero attached hydrogens (tertiary/aromatic N) is 3. The fraction of sp³-hybridized carbons (Fsp3) is 0.222. The zero-order valence-corrected chi connectivity index (χ0v) is 11.5. The van der Waals surface area contributed by atoms with Crippen LogP contribution in [-0.4, -0.2) is 14.5 Å². The van der Waals surface area contributed by atoms with E-state index in [1.165, 1.54) is 11.4 Å². The average molecular weight is 279 g/mol. The molecule has 0 fully saturated rings. The Morgan fingerprint density at radius 2 is 1.24 bits per heavy atom. The van der Waals surface area contributed by atoms with Gasteiger partial charge in [-0.15, -0.1) is 0 Å². The molecule has 21 heavy (non-hydrogen) atoms. The molecule has 0 atom stereocenters. The predicted octanol–water partition coefficient (Wildman–Crippen LogP) is 3.63. The maximum absolute atomic E-state index is 4.38. The van der Waals surface area contributed by atoms with Crippen molar-refractivity contribution in [2.75, 3.05) is 0 Å². The Morgan fingerprint density at radius 1 is 0.762 bits per heavy atom. The van der Waals surface area contributed by atoms with Crippen molar-refractivity contribution >= 4 is 0 Å². The highest BCUT2D eigenvalue weighted by Gasteiger charge is 2.07. The van der Waals surface area contributed by atoms with Gasteiger partial charge in [0.25, 0.3) is 0 Å². The van der Waals surface area contributed by atoms with Crippen molar-refractivity contribution in [3.63, 3.8) is 0 Å². The van der Waals surface area contributed by atoms with E-state index in [1.54, 1.807) is 0 Å². The summed E-state index contributed by atoms with van der Waals surface area (Å²) in [6.45, 7) is 0. The van der Waals surface area contributed by atoms with E-state index in [2.05, 4.69) is 45.8 Å². The first kappa shape index (κ1) is 15.0. The first-order valence-corrected chi connectivity index (χ1v) is 6.76. The summed E-state index contributed by atoms with van der Waals surface area (Å²) in [4.78, 5) is 8.77. The lowest BCUT2D eigenvalue weighted by Crippen LogP contribution is -2.04. The molecule has 0 bridgehead atoms. The Kier molecular flexibility index (Phi) is 4.88. The highest BCUT2D eigenvalue weighted by molar-refractivity contribution is 5.24. The van der Waals surface area contributed by atoms with Gasteiger partial charge in [0.15, 0.2) is 0 Å². The third-order valence-electron chi connectivity index (χ3n) is 3.51. The third-order valence-corrected chi connectivity index (χ3v) is 3.51. The number of aromatic nitrogens is 3. The Morgan fingerprint density at radius 3 is 1.62 bits per heavy atom. The maximum Gasteiger partial charge on any atom is 0.0462 e. The molecule has 3 heterocycles. The lowest BCUT2D eigenvalue weighted by Gasteiger charge is -2.07. The van der Waals surface area contributed by atoms with Gasteiger partial charge in [0.1, 0.15) is 0 Å². The molecule has 0 N–H and O–H groups in total. The highest BCUT2D eigenvalue weighted by atomic mass is 15.0. The molecule has 0 radical (unpaired) electrons. The van der Waals surface area contributed by atoms with Crippen LogP contribution in [0.4, 0.5) is 0 Å². The molecular formula is C18H21N3. The molecular weight excluding hydrogens is 258 g/mol. The van der Waals surface area contributed by atoms with Crippen molar-refractivity contribution in [1.82, 2.24) is 14.5 Å². The van der Waals surface area contributed by atoms with Gasteiger partial charge in [-0.05, 0) is 36.4 Å². The summed E-state index contributed by atoms with van der Waals surface area (Å²) in [6.07, 6.45) is 5.40. The van der Waals surface area contributed by atoms with Gasteiger partial charge >= 0.3 is 0 Å². The van der Waals surface area contributed by atoms with Crippen LogP contribution in [0.3, 0.4) is 0 Å². The van der Waals surface area contributed by atoms with Crippen LogP contribution in [-0.2, 0) is 19.9 Å². The largest absolute Gasteiger partial charge is 0.351 e. The molecule has 3 heteroatoms. The Hall–Kier alpha value is -2.42. The second-order valence-electron chi connectivity index (χ2n) is 4.87. The summed E-state index contributed by atoms with van der Waals surface area (Å²) < 4.78 is 2.24. The van der Waals surface area contributed by atoms with E-state index in [-0.39, 0.29) is 7.43 Å². The van der Waals surface area contributed by atoms with E-state index < -0.39 is 0 Å². The van der Waals surface area contributed by atoms with E-state index in [0.717, 1.165) is 24.2 Å². The van der Waals surface area contributed by atoms with Crippen molar-refractivity contribution < 1.29 is 0 Å². The van der Waals surface area contributed by atoms with Crippen LogP contribution >= 0.6 is 0 Å². The molecule has 0 saturated carbocycles. The van der Waals surface area contributed by atoms with Gasteiger partial charge in [-0.1, -0.05) is 19.6 Å². The number of pyridine rings is 2. The van der Waals surface area contributed by atoms with E-state index >= 15 is 0 Å². The molecule has 3 nitrogen and oxygen atoms in total.